The van der Waals surface area contributed by atoms with Crippen LogP contribution in [0.3, 0.4) is 0 Å². The molecule has 0 saturated heterocycles. The smallest absolute Gasteiger partial charge is 0.321 e. The molecule has 0 aliphatic rings. The molecule has 0 aromatic rings. The van der Waals surface area contributed by atoms with Crippen molar-refractivity contribution in [1.29, 1.82) is 0 Å². The normalized spacial score (nSPS) is 11.8. The van der Waals surface area contributed by atoms with Gasteiger partial charge in [0.1, 0.15) is 0 Å². The molecule has 0 atom stereocenters. The van der Waals surface area contributed by atoms with Crippen LogP contribution in [-0.4, -0.2) is 22.2 Å². The average Bonchev–Trinajstić information content (AvgIpc) is 2.39. The van der Waals surface area contributed by atoms with Gasteiger partial charge in [-0.2, -0.15) is 0 Å². The minimum Gasteiger partial charge on any atom is -0.480 e. The maximum atomic E-state index is 11.4. The molecule has 0 aliphatic carbocycles. The van der Waals surface area contributed by atoms with Gasteiger partial charge in [-0.3, -0.25) is 9.59 Å². The average molecular weight is 300 g/mol. The summed E-state index contributed by atoms with van der Waals surface area (Å²) in [5.41, 5.74) is -1.62. The molecule has 0 radical (unpaired) electrons. The Morgan fingerprint density at radius 2 is 1.19 bits per heavy atom. The van der Waals surface area contributed by atoms with E-state index in [1.807, 2.05) is 0 Å². The van der Waals surface area contributed by atoms with Gasteiger partial charge in [0.25, 0.3) is 0 Å². The van der Waals surface area contributed by atoms with Gasteiger partial charge >= 0.3 is 11.9 Å². The van der Waals surface area contributed by atoms with Gasteiger partial charge in [-0.25, -0.2) is 0 Å². The number of hydrogen-bond acceptors (Lipinski definition) is 2. The highest BCUT2D eigenvalue weighted by atomic mass is 16.4. The van der Waals surface area contributed by atoms with E-state index in [0.717, 1.165) is 12.8 Å². The fourth-order valence-electron chi connectivity index (χ4n) is 2.80. The van der Waals surface area contributed by atoms with Crippen molar-refractivity contribution in [2.24, 2.45) is 11.3 Å². The minimum absolute atomic E-state index is 0.227. The lowest BCUT2D eigenvalue weighted by Crippen LogP contribution is -2.43. The number of unbranched alkanes of at least 4 members (excludes halogenated alkanes) is 8. The topological polar surface area (TPSA) is 74.6 Å². The summed E-state index contributed by atoms with van der Waals surface area (Å²) in [4.78, 5) is 22.8. The first-order chi connectivity index (χ1) is 9.89. The fraction of sp³-hybridized carbons (Fsp3) is 0.882. The molecule has 0 rings (SSSR count). The van der Waals surface area contributed by atoms with Crippen molar-refractivity contribution in [2.45, 2.75) is 85.0 Å². The molecule has 0 heterocycles. The second kappa shape index (κ2) is 10.6. The molecule has 0 spiro atoms. The Balaban J connectivity index is 4.01. The number of aliphatic carboxylic acids is 2. The summed E-state index contributed by atoms with van der Waals surface area (Å²) in [7, 11) is 0. The van der Waals surface area contributed by atoms with E-state index in [4.69, 9.17) is 0 Å². The molecule has 0 amide bonds. The van der Waals surface area contributed by atoms with E-state index >= 15 is 0 Å². The standard InChI is InChI=1S/C17H32O4/c1-4-5-6-7-8-9-10-11-12-13-17(14(2)3,15(18)19)16(20)21/h14H,4-13H2,1-3H3,(H,18,19)(H,20,21). The molecule has 0 unspecified atom stereocenters. The zero-order valence-electron chi connectivity index (χ0n) is 13.9. The first kappa shape index (κ1) is 19.9. The second-order valence-electron chi connectivity index (χ2n) is 6.31. The lowest BCUT2D eigenvalue weighted by Gasteiger charge is -2.28. The summed E-state index contributed by atoms with van der Waals surface area (Å²) in [6.07, 6.45) is 10.4. The minimum atomic E-state index is -1.62. The number of carboxylic acids is 2. The Morgan fingerprint density at radius 3 is 1.52 bits per heavy atom. The van der Waals surface area contributed by atoms with Crippen LogP contribution in [0.1, 0.15) is 85.0 Å². The molecule has 0 aliphatic heterocycles. The Bertz CT molecular complexity index is 296. The van der Waals surface area contributed by atoms with Crippen LogP contribution in [0.5, 0.6) is 0 Å². The molecule has 0 saturated carbocycles. The molecule has 0 aromatic carbocycles. The van der Waals surface area contributed by atoms with Crippen LogP contribution in [0.25, 0.3) is 0 Å². The summed E-state index contributed by atoms with van der Waals surface area (Å²) in [6, 6.07) is 0. The summed E-state index contributed by atoms with van der Waals surface area (Å²) < 4.78 is 0. The van der Waals surface area contributed by atoms with Crippen molar-refractivity contribution in [1.82, 2.24) is 0 Å². The van der Waals surface area contributed by atoms with Gasteiger partial charge in [0, 0.05) is 0 Å². The molecule has 21 heavy (non-hydrogen) atoms. The van der Waals surface area contributed by atoms with Crippen molar-refractivity contribution < 1.29 is 19.8 Å². The van der Waals surface area contributed by atoms with Crippen molar-refractivity contribution >= 4 is 11.9 Å². The van der Waals surface area contributed by atoms with Crippen molar-refractivity contribution in [3.05, 3.63) is 0 Å². The van der Waals surface area contributed by atoms with Gasteiger partial charge in [-0.15, -0.1) is 0 Å². The molecule has 0 fully saturated rings. The van der Waals surface area contributed by atoms with Crippen LogP contribution in [0.4, 0.5) is 0 Å². The summed E-state index contributed by atoms with van der Waals surface area (Å²) in [5, 5.41) is 18.6. The van der Waals surface area contributed by atoms with Crippen LogP contribution in [0.15, 0.2) is 0 Å². The van der Waals surface area contributed by atoms with Crippen molar-refractivity contribution in [3.63, 3.8) is 0 Å². The van der Waals surface area contributed by atoms with E-state index in [-0.39, 0.29) is 6.42 Å². The molecule has 2 N–H and O–H groups in total. The number of rotatable bonds is 13. The number of carbonyl (C=O) groups is 2. The zero-order valence-corrected chi connectivity index (χ0v) is 13.9. The number of carboxylic acid groups (broad SMARTS) is 2. The third-order valence-corrected chi connectivity index (χ3v) is 4.42. The maximum absolute atomic E-state index is 11.4. The Kier molecular flexibility index (Phi) is 10.1. The molecule has 4 nitrogen and oxygen atoms in total. The van der Waals surface area contributed by atoms with Gasteiger partial charge in [-0.1, -0.05) is 78.6 Å². The Labute approximate surface area is 128 Å². The monoisotopic (exact) mass is 300 g/mol. The SMILES string of the molecule is CCCCCCCCCCCC(C(=O)O)(C(=O)O)C(C)C. The fourth-order valence-corrected chi connectivity index (χ4v) is 2.80. The Morgan fingerprint density at radius 1 is 0.810 bits per heavy atom. The lowest BCUT2D eigenvalue weighted by molar-refractivity contribution is -0.169. The summed E-state index contributed by atoms with van der Waals surface area (Å²) in [5.74, 6) is -2.81. The number of hydrogen-bond donors (Lipinski definition) is 2. The summed E-state index contributed by atoms with van der Waals surface area (Å²) >= 11 is 0. The predicted molar refractivity (Wildman–Crippen MR) is 84.4 cm³/mol. The second-order valence-corrected chi connectivity index (χ2v) is 6.31. The van der Waals surface area contributed by atoms with E-state index < -0.39 is 23.3 Å². The third-order valence-electron chi connectivity index (χ3n) is 4.42. The van der Waals surface area contributed by atoms with E-state index in [1.165, 1.54) is 38.5 Å². The molecular formula is C17H32O4. The lowest BCUT2D eigenvalue weighted by atomic mass is 9.73. The third kappa shape index (κ3) is 6.49. The van der Waals surface area contributed by atoms with E-state index in [0.29, 0.717) is 6.42 Å². The van der Waals surface area contributed by atoms with Gasteiger partial charge in [0.2, 0.25) is 0 Å². The molecular weight excluding hydrogens is 268 g/mol. The van der Waals surface area contributed by atoms with E-state index in [9.17, 15) is 19.8 Å². The highest BCUT2D eigenvalue weighted by Gasteiger charge is 2.48. The zero-order chi connectivity index (χ0) is 16.3. The summed E-state index contributed by atoms with van der Waals surface area (Å²) in [6.45, 7) is 5.55. The quantitative estimate of drug-likeness (QED) is 0.381. The van der Waals surface area contributed by atoms with Crippen LogP contribution in [0.2, 0.25) is 0 Å². The Hall–Kier alpha value is -1.06. The predicted octanol–water partition coefficient (Wildman–Crippen LogP) is 4.72. The molecule has 0 aromatic heterocycles. The van der Waals surface area contributed by atoms with Gasteiger partial charge in [0.05, 0.1) is 0 Å². The van der Waals surface area contributed by atoms with Gasteiger partial charge in [0.15, 0.2) is 5.41 Å². The van der Waals surface area contributed by atoms with Gasteiger partial charge in [-0.05, 0) is 12.3 Å². The molecule has 0 bridgehead atoms. The van der Waals surface area contributed by atoms with Gasteiger partial charge < -0.3 is 10.2 Å². The van der Waals surface area contributed by atoms with Crippen molar-refractivity contribution in [2.75, 3.05) is 0 Å². The first-order valence-electron chi connectivity index (χ1n) is 8.36. The van der Waals surface area contributed by atoms with Crippen LogP contribution in [0, 0.1) is 11.3 Å². The molecule has 4 heteroatoms. The largest absolute Gasteiger partial charge is 0.480 e. The van der Waals surface area contributed by atoms with Crippen molar-refractivity contribution in [3.8, 4) is 0 Å². The molecule has 124 valence electrons. The van der Waals surface area contributed by atoms with E-state index in [1.54, 1.807) is 13.8 Å². The highest BCUT2D eigenvalue weighted by molar-refractivity contribution is 5.98. The van der Waals surface area contributed by atoms with Crippen LogP contribution in [-0.2, 0) is 9.59 Å². The highest BCUT2D eigenvalue weighted by Crippen LogP contribution is 2.34. The van der Waals surface area contributed by atoms with E-state index in [2.05, 4.69) is 6.92 Å². The van der Waals surface area contributed by atoms with Crippen LogP contribution >= 0.6 is 0 Å². The van der Waals surface area contributed by atoms with Crippen LogP contribution < -0.4 is 0 Å². The maximum Gasteiger partial charge on any atom is 0.321 e. The first-order valence-corrected chi connectivity index (χ1v) is 8.36.